The first-order chi connectivity index (χ1) is 12.1. The number of rotatable bonds is 12. The molecule has 0 heterocycles. The molecule has 2 N–H and O–H groups in total. The first kappa shape index (κ1) is 20.8. The van der Waals surface area contributed by atoms with Crippen molar-refractivity contribution in [3.8, 4) is 11.5 Å². The second-order valence-electron chi connectivity index (χ2n) is 6.17. The summed E-state index contributed by atoms with van der Waals surface area (Å²) in [7, 11) is 1.47. The molecule has 0 atom stereocenters. The van der Waals surface area contributed by atoms with E-state index in [2.05, 4.69) is 6.92 Å². The average Bonchev–Trinajstić information content (AvgIpc) is 2.60. The largest absolute Gasteiger partial charge is 0.508 e. The summed E-state index contributed by atoms with van der Waals surface area (Å²) in [6.45, 7) is 2.20. The maximum atomic E-state index is 11.8. The monoisotopic (exact) mass is 346 g/mol. The number of ether oxygens (including phenoxy) is 1. The molecule has 0 saturated carbocycles. The highest BCUT2D eigenvalue weighted by molar-refractivity contribution is 5.90. The molecular formula is C21H30O4. The molecule has 4 heteroatoms. The van der Waals surface area contributed by atoms with Crippen molar-refractivity contribution in [2.24, 2.45) is 0 Å². The zero-order valence-corrected chi connectivity index (χ0v) is 15.3. The lowest BCUT2D eigenvalue weighted by atomic mass is 10.1. The van der Waals surface area contributed by atoms with Crippen LogP contribution in [0.4, 0.5) is 0 Å². The molecule has 25 heavy (non-hydrogen) atoms. The number of carbonyl (C=O) groups is 1. The van der Waals surface area contributed by atoms with Crippen molar-refractivity contribution in [1.29, 1.82) is 0 Å². The summed E-state index contributed by atoms with van der Waals surface area (Å²) in [5, 5.41) is 19.4. The lowest BCUT2D eigenvalue weighted by molar-refractivity contribution is -0.114. The van der Waals surface area contributed by atoms with Gasteiger partial charge in [-0.3, -0.25) is 4.79 Å². The zero-order valence-electron chi connectivity index (χ0n) is 15.3. The molecule has 1 aromatic carbocycles. The molecule has 1 aromatic rings. The first-order valence-electron chi connectivity index (χ1n) is 9.05. The maximum Gasteiger partial charge on any atom is 0.161 e. The second kappa shape index (κ2) is 12.2. The number of allylic oxidation sites excluding steroid dienone is 2. The summed E-state index contributed by atoms with van der Waals surface area (Å²) in [5.41, 5.74) is 0.758. The summed E-state index contributed by atoms with van der Waals surface area (Å²) in [4.78, 5) is 11.8. The molecule has 0 fully saturated rings. The van der Waals surface area contributed by atoms with Crippen LogP contribution in [-0.2, 0) is 4.79 Å². The van der Waals surface area contributed by atoms with Crippen molar-refractivity contribution in [1.82, 2.24) is 0 Å². The Kier molecular flexibility index (Phi) is 10.1. The van der Waals surface area contributed by atoms with Crippen molar-refractivity contribution in [3.05, 3.63) is 41.7 Å². The summed E-state index contributed by atoms with van der Waals surface area (Å²) >= 11 is 0. The number of aliphatic hydroxyl groups is 1. The summed E-state index contributed by atoms with van der Waals surface area (Å²) in [6, 6.07) is 4.87. The second-order valence-corrected chi connectivity index (χ2v) is 6.17. The lowest BCUT2D eigenvalue weighted by Crippen LogP contribution is -1.94. The molecule has 1 rings (SSSR count). The molecule has 0 aliphatic carbocycles. The number of phenols is 1. The standard InChI is InChI=1S/C21H30O4/c1-3-4-5-6-7-8-9-10-18(22)16-19(23)13-11-17-12-14-20(24)21(15-17)25-2/h11-16,23-24H,3-10H2,1-2H3/b13-11+,19-16-. The van der Waals surface area contributed by atoms with Crippen LogP contribution in [0.25, 0.3) is 6.08 Å². The van der Waals surface area contributed by atoms with Crippen LogP contribution < -0.4 is 4.74 Å². The highest BCUT2D eigenvalue weighted by Gasteiger charge is 2.02. The van der Waals surface area contributed by atoms with E-state index in [0.717, 1.165) is 18.4 Å². The number of benzene rings is 1. The minimum Gasteiger partial charge on any atom is -0.508 e. The number of aliphatic hydroxyl groups excluding tert-OH is 1. The average molecular weight is 346 g/mol. The van der Waals surface area contributed by atoms with Gasteiger partial charge in [-0.1, -0.05) is 57.6 Å². The van der Waals surface area contributed by atoms with Crippen LogP contribution in [-0.4, -0.2) is 23.1 Å². The van der Waals surface area contributed by atoms with E-state index in [1.165, 1.54) is 57.4 Å². The van der Waals surface area contributed by atoms with Crippen LogP contribution in [0, 0.1) is 0 Å². The third kappa shape index (κ3) is 8.99. The van der Waals surface area contributed by atoms with Crippen LogP contribution in [0.3, 0.4) is 0 Å². The number of unbranched alkanes of at least 4 members (excludes halogenated alkanes) is 6. The third-order valence-electron chi connectivity index (χ3n) is 3.99. The molecule has 0 amide bonds. The molecule has 0 spiro atoms. The van der Waals surface area contributed by atoms with Crippen LogP contribution >= 0.6 is 0 Å². The van der Waals surface area contributed by atoms with Gasteiger partial charge in [0.2, 0.25) is 0 Å². The topological polar surface area (TPSA) is 66.8 Å². The fourth-order valence-electron chi connectivity index (χ4n) is 2.52. The van der Waals surface area contributed by atoms with E-state index in [1.807, 2.05) is 0 Å². The molecule has 0 saturated heterocycles. The lowest BCUT2D eigenvalue weighted by Gasteiger charge is -2.03. The van der Waals surface area contributed by atoms with Gasteiger partial charge >= 0.3 is 0 Å². The van der Waals surface area contributed by atoms with Crippen molar-refractivity contribution in [3.63, 3.8) is 0 Å². The predicted octanol–water partition coefficient (Wildman–Crippen LogP) is 5.57. The van der Waals surface area contributed by atoms with E-state index in [0.29, 0.717) is 12.2 Å². The number of hydrogen-bond donors (Lipinski definition) is 2. The first-order valence-corrected chi connectivity index (χ1v) is 9.05. The van der Waals surface area contributed by atoms with Gasteiger partial charge in [0.1, 0.15) is 5.76 Å². The van der Waals surface area contributed by atoms with Gasteiger partial charge in [0, 0.05) is 12.5 Å². The van der Waals surface area contributed by atoms with Gasteiger partial charge in [0.15, 0.2) is 17.3 Å². The molecule has 138 valence electrons. The fraction of sp³-hybridized carbons (Fsp3) is 0.476. The Morgan fingerprint density at radius 3 is 2.48 bits per heavy atom. The third-order valence-corrected chi connectivity index (χ3v) is 3.99. The van der Waals surface area contributed by atoms with Crippen LogP contribution in [0.2, 0.25) is 0 Å². The van der Waals surface area contributed by atoms with E-state index in [-0.39, 0.29) is 17.3 Å². The Labute approximate surface area is 150 Å². The van der Waals surface area contributed by atoms with Crippen LogP contribution in [0.1, 0.15) is 63.9 Å². The Morgan fingerprint density at radius 1 is 1.12 bits per heavy atom. The smallest absolute Gasteiger partial charge is 0.161 e. The van der Waals surface area contributed by atoms with Crippen molar-refractivity contribution in [2.75, 3.05) is 7.11 Å². The molecule has 0 aliphatic rings. The Bertz CT molecular complexity index is 588. The SMILES string of the molecule is CCCCCCCCCC(=O)/C=C(O)/C=C/c1ccc(O)c(OC)c1. The molecule has 4 nitrogen and oxygen atoms in total. The Balaban J connectivity index is 2.37. The molecule has 0 radical (unpaired) electrons. The Morgan fingerprint density at radius 2 is 1.80 bits per heavy atom. The molecule has 0 aromatic heterocycles. The van der Waals surface area contributed by atoms with E-state index in [4.69, 9.17) is 4.74 Å². The van der Waals surface area contributed by atoms with Crippen molar-refractivity contribution in [2.45, 2.75) is 58.3 Å². The minimum absolute atomic E-state index is 0.0565. The molecule has 0 bridgehead atoms. The van der Waals surface area contributed by atoms with Gasteiger partial charge in [-0.15, -0.1) is 0 Å². The summed E-state index contributed by atoms with van der Waals surface area (Å²) < 4.78 is 5.03. The highest BCUT2D eigenvalue weighted by Crippen LogP contribution is 2.26. The Hall–Kier alpha value is -2.23. The number of ketones is 1. The fourth-order valence-corrected chi connectivity index (χ4v) is 2.52. The molecular weight excluding hydrogens is 316 g/mol. The quantitative estimate of drug-likeness (QED) is 0.225. The normalized spacial score (nSPS) is 11.8. The van der Waals surface area contributed by atoms with Gasteiger partial charge in [-0.2, -0.15) is 0 Å². The van der Waals surface area contributed by atoms with E-state index in [9.17, 15) is 15.0 Å². The zero-order chi connectivity index (χ0) is 18.5. The van der Waals surface area contributed by atoms with Crippen LogP contribution in [0.15, 0.2) is 36.1 Å². The van der Waals surface area contributed by atoms with E-state index >= 15 is 0 Å². The number of phenolic OH excluding ortho intramolecular Hbond substituents is 1. The number of carbonyl (C=O) groups excluding carboxylic acids is 1. The van der Waals surface area contributed by atoms with E-state index in [1.54, 1.807) is 18.2 Å². The van der Waals surface area contributed by atoms with Crippen molar-refractivity contribution < 1.29 is 19.7 Å². The maximum absolute atomic E-state index is 11.8. The van der Waals surface area contributed by atoms with Gasteiger partial charge in [-0.25, -0.2) is 0 Å². The number of aromatic hydroxyl groups is 1. The van der Waals surface area contributed by atoms with Crippen molar-refractivity contribution >= 4 is 11.9 Å². The van der Waals surface area contributed by atoms with Gasteiger partial charge < -0.3 is 14.9 Å². The number of methoxy groups -OCH3 is 1. The summed E-state index contributed by atoms with van der Waals surface area (Å²) in [5.74, 6) is 0.295. The van der Waals surface area contributed by atoms with Gasteiger partial charge in [0.05, 0.1) is 7.11 Å². The predicted molar refractivity (Wildman–Crippen MR) is 102 cm³/mol. The molecule has 0 aliphatic heterocycles. The van der Waals surface area contributed by atoms with Gasteiger partial charge in [0.25, 0.3) is 0 Å². The highest BCUT2D eigenvalue weighted by atomic mass is 16.5. The summed E-state index contributed by atoms with van der Waals surface area (Å²) in [6.07, 6.45) is 13.0. The van der Waals surface area contributed by atoms with Gasteiger partial charge in [-0.05, 0) is 30.2 Å². The van der Waals surface area contributed by atoms with Crippen LogP contribution in [0.5, 0.6) is 11.5 Å². The molecule has 0 unspecified atom stereocenters. The minimum atomic E-state index is -0.0695. The van der Waals surface area contributed by atoms with E-state index < -0.39 is 0 Å². The number of hydrogen-bond acceptors (Lipinski definition) is 4.